The first kappa shape index (κ1) is 12.5. The molecule has 0 unspecified atom stereocenters. The van der Waals surface area contributed by atoms with Crippen LogP contribution in [-0.2, 0) is 4.79 Å². The van der Waals surface area contributed by atoms with Crippen molar-refractivity contribution in [3.05, 3.63) is 0 Å². The number of amides is 1. The Morgan fingerprint density at radius 2 is 1.80 bits per heavy atom. The highest BCUT2D eigenvalue weighted by Gasteiger charge is 2.18. The van der Waals surface area contributed by atoms with Crippen LogP contribution in [0.4, 0.5) is 0 Å². The summed E-state index contributed by atoms with van der Waals surface area (Å²) in [5.41, 5.74) is 0.197. The first-order valence-corrected chi connectivity index (χ1v) is 6.24. The Balaban J connectivity index is 2.17. The summed E-state index contributed by atoms with van der Waals surface area (Å²) in [6.45, 7) is 7.23. The lowest BCUT2D eigenvalue weighted by atomic mass is 9.86. The van der Waals surface area contributed by atoms with Crippen molar-refractivity contribution in [3.8, 4) is 0 Å². The molecule has 1 saturated carbocycles. The van der Waals surface area contributed by atoms with Gasteiger partial charge in [0.05, 0.1) is 0 Å². The first-order chi connectivity index (χ1) is 6.97. The van der Waals surface area contributed by atoms with Gasteiger partial charge in [0.15, 0.2) is 0 Å². The third-order valence-electron chi connectivity index (χ3n) is 3.01. The van der Waals surface area contributed by atoms with Crippen LogP contribution < -0.4 is 5.32 Å². The molecule has 0 aliphatic heterocycles. The maximum absolute atomic E-state index is 11.6. The molecule has 0 atom stereocenters. The molecule has 0 bridgehead atoms. The third-order valence-corrected chi connectivity index (χ3v) is 3.01. The largest absolute Gasteiger partial charge is 0.356 e. The Labute approximate surface area is 93.8 Å². The Kier molecular flexibility index (Phi) is 4.62. The Morgan fingerprint density at radius 1 is 1.20 bits per heavy atom. The lowest BCUT2D eigenvalue weighted by molar-refractivity contribution is -0.122. The number of rotatable bonds is 3. The van der Waals surface area contributed by atoms with Crippen LogP contribution in [-0.4, -0.2) is 12.5 Å². The van der Waals surface area contributed by atoms with Gasteiger partial charge >= 0.3 is 0 Å². The minimum absolute atomic E-state index is 0.197. The van der Waals surface area contributed by atoms with Gasteiger partial charge in [-0.05, 0) is 24.2 Å². The lowest BCUT2D eigenvalue weighted by Gasteiger charge is -2.23. The van der Waals surface area contributed by atoms with Crippen LogP contribution in [0.5, 0.6) is 0 Å². The molecule has 1 aliphatic carbocycles. The summed E-state index contributed by atoms with van der Waals surface area (Å²) in [6, 6.07) is 0. The molecule has 88 valence electrons. The van der Waals surface area contributed by atoms with Gasteiger partial charge in [0, 0.05) is 13.0 Å². The van der Waals surface area contributed by atoms with Gasteiger partial charge < -0.3 is 5.32 Å². The maximum atomic E-state index is 11.6. The average Bonchev–Trinajstić information content (AvgIpc) is 2.15. The SMILES string of the molecule is CC(C)(C)CNC(=O)CC1CCCCC1. The molecular formula is C13H25NO. The number of nitrogens with one attached hydrogen (secondary N) is 1. The zero-order chi connectivity index (χ0) is 11.3. The fourth-order valence-corrected chi connectivity index (χ4v) is 2.09. The van der Waals surface area contributed by atoms with E-state index in [4.69, 9.17) is 0 Å². The molecule has 2 nitrogen and oxygen atoms in total. The number of hydrogen-bond acceptors (Lipinski definition) is 1. The summed E-state index contributed by atoms with van der Waals surface area (Å²) in [6.07, 6.45) is 7.25. The van der Waals surface area contributed by atoms with Crippen molar-refractivity contribution in [1.82, 2.24) is 5.32 Å². The van der Waals surface area contributed by atoms with E-state index in [1.807, 2.05) is 0 Å². The minimum atomic E-state index is 0.197. The monoisotopic (exact) mass is 211 g/mol. The molecule has 0 aromatic rings. The van der Waals surface area contributed by atoms with E-state index in [-0.39, 0.29) is 11.3 Å². The van der Waals surface area contributed by atoms with Gasteiger partial charge in [-0.25, -0.2) is 0 Å². The molecule has 0 radical (unpaired) electrons. The summed E-state index contributed by atoms with van der Waals surface area (Å²) < 4.78 is 0. The zero-order valence-corrected chi connectivity index (χ0v) is 10.4. The molecule has 2 heteroatoms. The highest BCUT2D eigenvalue weighted by molar-refractivity contribution is 5.76. The van der Waals surface area contributed by atoms with Gasteiger partial charge in [0.1, 0.15) is 0 Å². The van der Waals surface area contributed by atoms with Gasteiger partial charge in [0.25, 0.3) is 0 Å². The predicted molar refractivity (Wildman–Crippen MR) is 63.7 cm³/mol. The number of carbonyl (C=O) groups excluding carboxylic acids is 1. The quantitative estimate of drug-likeness (QED) is 0.763. The number of hydrogen-bond donors (Lipinski definition) is 1. The summed E-state index contributed by atoms with van der Waals surface area (Å²) in [5, 5.41) is 3.03. The molecule has 0 aromatic carbocycles. The van der Waals surface area contributed by atoms with Crippen molar-refractivity contribution in [3.63, 3.8) is 0 Å². The first-order valence-electron chi connectivity index (χ1n) is 6.24. The Bertz CT molecular complexity index is 199. The molecule has 0 aromatic heterocycles. The van der Waals surface area contributed by atoms with E-state index in [1.54, 1.807) is 0 Å². The van der Waals surface area contributed by atoms with Crippen LogP contribution in [0.25, 0.3) is 0 Å². The standard InChI is InChI=1S/C13H25NO/c1-13(2,3)10-14-12(15)9-11-7-5-4-6-8-11/h11H,4-10H2,1-3H3,(H,14,15). The van der Waals surface area contributed by atoms with Gasteiger partial charge in [-0.2, -0.15) is 0 Å². The van der Waals surface area contributed by atoms with Crippen LogP contribution in [0.2, 0.25) is 0 Å². The summed E-state index contributed by atoms with van der Waals surface area (Å²) in [5.74, 6) is 0.899. The normalized spacial score (nSPS) is 18.9. The second-order valence-corrected chi connectivity index (χ2v) is 6.05. The lowest BCUT2D eigenvalue weighted by Crippen LogP contribution is -2.33. The van der Waals surface area contributed by atoms with Crippen molar-refractivity contribution in [2.24, 2.45) is 11.3 Å². The molecular weight excluding hydrogens is 186 g/mol. The topological polar surface area (TPSA) is 29.1 Å². The Morgan fingerprint density at radius 3 is 2.33 bits per heavy atom. The van der Waals surface area contributed by atoms with Crippen molar-refractivity contribution in [2.75, 3.05) is 6.54 Å². The highest BCUT2D eigenvalue weighted by Crippen LogP contribution is 2.26. The van der Waals surface area contributed by atoms with Gasteiger partial charge in [-0.3, -0.25) is 4.79 Å². The smallest absolute Gasteiger partial charge is 0.220 e. The van der Waals surface area contributed by atoms with Crippen molar-refractivity contribution in [1.29, 1.82) is 0 Å². The highest BCUT2D eigenvalue weighted by atomic mass is 16.1. The van der Waals surface area contributed by atoms with Crippen LogP contribution in [0.15, 0.2) is 0 Å². The molecule has 1 amide bonds. The second kappa shape index (κ2) is 5.53. The van der Waals surface area contributed by atoms with Gasteiger partial charge in [0.2, 0.25) is 5.91 Å². The fraction of sp³-hybridized carbons (Fsp3) is 0.923. The van der Waals surface area contributed by atoms with Gasteiger partial charge in [-0.1, -0.05) is 40.0 Å². The van der Waals surface area contributed by atoms with E-state index in [1.165, 1.54) is 32.1 Å². The van der Waals surface area contributed by atoms with E-state index in [0.717, 1.165) is 13.0 Å². The maximum Gasteiger partial charge on any atom is 0.220 e. The molecule has 0 spiro atoms. The van der Waals surface area contributed by atoms with Crippen LogP contribution in [0, 0.1) is 11.3 Å². The van der Waals surface area contributed by atoms with E-state index >= 15 is 0 Å². The van der Waals surface area contributed by atoms with Crippen molar-refractivity contribution in [2.45, 2.75) is 59.3 Å². The molecule has 1 N–H and O–H groups in total. The Hall–Kier alpha value is -0.530. The zero-order valence-electron chi connectivity index (χ0n) is 10.4. The van der Waals surface area contributed by atoms with Crippen LogP contribution in [0.1, 0.15) is 59.3 Å². The van der Waals surface area contributed by atoms with Crippen molar-refractivity contribution >= 4 is 5.91 Å². The molecule has 1 rings (SSSR count). The average molecular weight is 211 g/mol. The van der Waals surface area contributed by atoms with E-state index < -0.39 is 0 Å². The summed E-state index contributed by atoms with van der Waals surface area (Å²) in [7, 11) is 0. The van der Waals surface area contributed by atoms with Crippen LogP contribution >= 0.6 is 0 Å². The van der Waals surface area contributed by atoms with Crippen molar-refractivity contribution < 1.29 is 4.79 Å². The number of carbonyl (C=O) groups is 1. The molecule has 1 fully saturated rings. The summed E-state index contributed by atoms with van der Waals surface area (Å²) in [4.78, 5) is 11.6. The second-order valence-electron chi connectivity index (χ2n) is 6.05. The van der Waals surface area contributed by atoms with E-state index in [2.05, 4.69) is 26.1 Å². The fourth-order valence-electron chi connectivity index (χ4n) is 2.09. The molecule has 1 aliphatic rings. The third kappa shape index (κ3) is 5.81. The van der Waals surface area contributed by atoms with Crippen LogP contribution in [0.3, 0.4) is 0 Å². The molecule has 15 heavy (non-hydrogen) atoms. The van der Waals surface area contributed by atoms with E-state index in [9.17, 15) is 4.79 Å². The van der Waals surface area contributed by atoms with Gasteiger partial charge in [-0.15, -0.1) is 0 Å². The minimum Gasteiger partial charge on any atom is -0.356 e. The molecule has 0 saturated heterocycles. The molecule has 0 heterocycles. The van der Waals surface area contributed by atoms with E-state index in [0.29, 0.717) is 5.92 Å². The predicted octanol–water partition coefficient (Wildman–Crippen LogP) is 3.12. The summed E-state index contributed by atoms with van der Waals surface area (Å²) >= 11 is 0.